The normalized spacial score (nSPS) is 18.5. The van der Waals surface area contributed by atoms with E-state index >= 15 is 0 Å². The molecule has 0 aromatic heterocycles. The van der Waals surface area contributed by atoms with Gasteiger partial charge < -0.3 is 9.64 Å². The van der Waals surface area contributed by atoms with E-state index in [4.69, 9.17) is 16.3 Å². The van der Waals surface area contributed by atoms with Gasteiger partial charge in [-0.25, -0.2) is 8.42 Å². The largest absolute Gasteiger partial charge is 0.492 e. The van der Waals surface area contributed by atoms with Crippen LogP contribution >= 0.6 is 11.6 Å². The highest BCUT2D eigenvalue weighted by atomic mass is 35.5. The Kier molecular flexibility index (Phi) is 6.40. The molecule has 6 nitrogen and oxygen atoms in total. The summed E-state index contributed by atoms with van der Waals surface area (Å²) in [5.41, 5.74) is 1.51. The lowest BCUT2D eigenvalue weighted by molar-refractivity contribution is -0.125. The summed E-state index contributed by atoms with van der Waals surface area (Å²) in [6.07, 6.45) is 2.68. The Morgan fingerprint density at radius 3 is 2.30 bits per heavy atom. The first-order valence-corrected chi connectivity index (χ1v) is 13.5. The van der Waals surface area contributed by atoms with E-state index in [2.05, 4.69) is 28.4 Å². The number of hydrogen-bond acceptors (Lipinski definition) is 5. The second-order valence-electron chi connectivity index (χ2n) is 9.99. The fourth-order valence-corrected chi connectivity index (χ4v) is 5.71. The van der Waals surface area contributed by atoms with E-state index < -0.39 is 15.3 Å². The smallest absolute Gasteiger partial charge is 0.236 e. The van der Waals surface area contributed by atoms with E-state index in [1.807, 2.05) is 23.1 Å². The number of halogens is 1. The van der Waals surface area contributed by atoms with E-state index in [1.165, 1.54) is 6.26 Å². The van der Waals surface area contributed by atoms with Gasteiger partial charge in [0, 0.05) is 23.5 Å². The van der Waals surface area contributed by atoms with Crippen molar-refractivity contribution in [3.05, 3.63) is 53.1 Å². The van der Waals surface area contributed by atoms with E-state index in [0.29, 0.717) is 17.4 Å². The standard InChI is InChI=1S/C22H28B3ClN2O4S/c1-33(30,31)17-5-3-16(4-6-17)32-13-12-27-10-8-21(9-11-27)18-14-15(26)2-7-19(18)28(20(21)29)22(23,24)25/h2-7,14H,8-13,23-25H2,1H3. The summed E-state index contributed by atoms with van der Waals surface area (Å²) in [4.78, 5) is 18.2. The molecular weight excluding hydrogens is 456 g/mol. The number of piperidine rings is 1. The van der Waals surface area contributed by atoms with Gasteiger partial charge in [-0.05, 0) is 79.2 Å². The van der Waals surface area contributed by atoms with Crippen LogP contribution in [0.25, 0.3) is 0 Å². The molecule has 1 saturated heterocycles. The van der Waals surface area contributed by atoms with Crippen molar-refractivity contribution in [1.29, 1.82) is 0 Å². The summed E-state index contributed by atoms with van der Waals surface area (Å²) in [6, 6.07) is 12.3. The number of nitrogens with zero attached hydrogens (tertiary/aromatic N) is 2. The van der Waals surface area contributed by atoms with Gasteiger partial charge in [0.1, 0.15) is 35.9 Å². The maximum Gasteiger partial charge on any atom is 0.236 e. The van der Waals surface area contributed by atoms with Gasteiger partial charge in [-0.2, -0.15) is 0 Å². The molecule has 2 aliphatic heterocycles. The van der Waals surface area contributed by atoms with Gasteiger partial charge >= 0.3 is 0 Å². The summed E-state index contributed by atoms with van der Waals surface area (Å²) < 4.78 is 29.0. The minimum absolute atomic E-state index is 0.175. The zero-order valence-electron chi connectivity index (χ0n) is 19.6. The molecule has 0 aliphatic carbocycles. The lowest BCUT2D eigenvalue weighted by Gasteiger charge is -2.40. The Bertz CT molecular complexity index is 1160. The van der Waals surface area contributed by atoms with Gasteiger partial charge in [0.25, 0.3) is 0 Å². The summed E-state index contributed by atoms with van der Waals surface area (Å²) in [5.74, 6) is 0.820. The van der Waals surface area contributed by atoms with Crippen molar-refractivity contribution in [2.45, 2.75) is 28.4 Å². The molecule has 1 fully saturated rings. The number of rotatable bonds is 6. The van der Waals surface area contributed by atoms with Gasteiger partial charge in [0.2, 0.25) is 5.91 Å². The highest BCUT2D eigenvalue weighted by molar-refractivity contribution is 7.90. The van der Waals surface area contributed by atoms with Crippen LogP contribution in [0.4, 0.5) is 5.69 Å². The van der Waals surface area contributed by atoms with E-state index in [0.717, 1.165) is 43.7 Å². The average molecular weight is 484 g/mol. The molecule has 2 aliphatic rings. The number of fused-ring (bicyclic) bond motifs is 2. The van der Waals surface area contributed by atoms with Gasteiger partial charge in [-0.3, -0.25) is 9.69 Å². The van der Waals surface area contributed by atoms with Crippen LogP contribution in [0.3, 0.4) is 0 Å². The minimum Gasteiger partial charge on any atom is -0.492 e. The van der Waals surface area contributed by atoms with Gasteiger partial charge in [-0.15, -0.1) is 0 Å². The quantitative estimate of drug-likeness (QED) is 0.541. The second-order valence-corrected chi connectivity index (χ2v) is 12.4. The van der Waals surface area contributed by atoms with Crippen LogP contribution in [0, 0.1) is 0 Å². The Balaban J connectivity index is 1.40. The third-order valence-corrected chi connectivity index (χ3v) is 8.00. The first-order chi connectivity index (χ1) is 15.4. The van der Waals surface area contributed by atoms with Crippen molar-refractivity contribution in [2.75, 3.05) is 37.4 Å². The number of anilines is 1. The fourth-order valence-electron chi connectivity index (χ4n) is 4.91. The molecule has 172 valence electrons. The highest BCUT2D eigenvalue weighted by Gasteiger charge is 2.54. The van der Waals surface area contributed by atoms with Crippen LogP contribution in [-0.4, -0.2) is 80.5 Å². The zero-order chi connectivity index (χ0) is 24.0. The van der Waals surface area contributed by atoms with E-state index in [1.54, 1.807) is 24.3 Å². The van der Waals surface area contributed by atoms with Crippen LogP contribution in [0.1, 0.15) is 18.4 Å². The number of benzene rings is 2. The number of likely N-dealkylation sites (tertiary alicyclic amines) is 1. The molecule has 1 amide bonds. The maximum absolute atomic E-state index is 13.7. The van der Waals surface area contributed by atoms with Crippen molar-refractivity contribution < 1.29 is 17.9 Å². The molecule has 0 unspecified atom stereocenters. The summed E-state index contributed by atoms with van der Waals surface area (Å²) >= 11 is 6.34. The summed E-state index contributed by atoms with van der Waals surface area (Å²) in [6.45, 7) is 2.83. The SMILES string of the molecule is BC(B)(B)N1C(=O)C2(CCN(CCOc3ccc(S(C)(=O)=O)cc3)CC2)c2cc(Cl)ccc21. The summed E-state index contributed by atoms with van der Waals surface area (Å²) in [7, 11) is 2.99. The maximum atomic E-state index is 13.7. The van der Waals surface area contributed by atoms with Gasteiger partial charge in [-0.1, -0.05) is 11.6 Å². The van der Waals surface area contributed by atoms with Crippen molar-refractivity contribution in [3.63, 3.8) is 0 Å². The third kappa shape index (κ3) is 4.70. The molecule has 0 atom stereocenters. The monoisotopic (exact) mass is 484 g/mol. The molecule has 0 saturated carbocycles. The van der Waals surface area contributed by atoms with Crippen LogP contribution in [0.15, 0.2) is 47.4 Å². The van der Waals surface area contributed by atoms with Crippen molar-refractivity contribution in [2.24, 2.45) is 0 Å². The molecule has 1 spiro atoms. The number of amides is 1. The first-order valence-electron chi connectivity index (χ1n) is 11.2. The van der Waals surface area contributed by atoms with Crippen molar-refractivity contribution in [1.82, 2.24) is 4.90 Å². The third-order valence-electron chi connectivity index (χ3n) is 6.64. The van der Waals surface area contributed by atoms with Gasteiger partial charge in [0.15, 0.2) is 9.84 Å². The van der Waals surface area contributed by atoms with Crippen molar-refractivity contribution >= 4 is 56.6 Å². The number of ether oxygens (including phenoxy) is 1. The van der Waals surface area contributed by atoms with Gasteiger partial charge in [0.05, 0.1) is 10.3 Å². The second kappa shape index (κ2) is 8.71. The lowest BCUT2D eigenvalue weighted by atomic mass is 9.48. The van der Waals surface area contributed by atoms with Crippen molar-refractivity contribution in [3.8, 4) is 5.75 Å². The number of carbonyl (C=O) groups excluding carboxylic acids is 1. The van der Waals surface area contributed by atoms with E-state index in [9.17, 15) is 13.2 Å². The Labute approximate surface area is 203 Å². The number of carbonyl (C=O) groups is 1. The molecule has 4 rings (SSSR count). The molecule has 2 aromatic carbocycles. The molecule has 0 N–H and O–H groups in total. The molecular formula is C22H28B3ClN2O4S. The fraction of sp³-hybridized carbons (Fsp3) is 0.409. The predicted octanol–water partition coefficient (Wildman–Crippen LogP) is 0.0133. The molecule has 11 heteroatoms. The van der Waals surface area contributed by atoms with Crippen LogP contribution < -0.4 is 9.64 Å². The van der Waals surface area contributed by atoms with Crippen LogP contribution in [0.2, 0.25) is 5.02 Å². The Hall–Kier alpha value is -1.90. The van der Waals surface area contributed by atoms with E-state index in [-0.39, 0.29) is 16.0 Å². The Morgan fingerprint density at radius 1 is 1.09 bits per heavy atom. The Morgan fingerprint density at radius 2 is 1.73 bits per heavy atom. The molecule has 2 aromatic rings. The number of hydrogen-bond donors (Lipinski definition) is 0. The lowest BCUT2D eigenvalue weighted by Crippen LogP contribution is -2.57. The topological polar surface area (TPSA) is 66.9 Å². The summed E-state index contributed by atoms with van der Waals surface area (Å²) in [5, 5.41) is 0.357. The highest BCUT2D eigenvalue weighted by Crippen LogP contribution is 2.50. The molecule has 0 radical (unpaired) electrons. The molecule has 2 heterocycles. The first kappa shape index (κ1) is 24.2. The van der Waals surface area contributed by atoms with Crippen LogP contribution in [0.5, 0.6) is 5.75 Å². The minimum atomic E-state index is -3.21. The average Bonchev–Trinajstić information content (AvgIpc) is 2.97. The molecule has 33 heavy (non-hydrogen) atoms. The zero-order valence-corrected chi connectivity index (χ0v) is 21.2. The predicted molar refractivity (Wildman–Crippen MR) is 140 cm³/mol. The van der Waals surface area contributed by atoms with Crippen LogP contribution in [-0.2, 0) is 20.0 Å². The molecule has 0 bridgehead atoms. The number of sulfone groups is 1.